The molecule has 0 aliphatic carbocycles. The average Bonchev–Trinajstić information content (AvgIpc) is 3.25. The van der Waals surface area contributed by atoms with Gasteiger partial charge in [0.2, 0.25) is 5.82 Å². The van der Waals surface area contributed by atoms with E-state index in [-0.39, 0.29) is 17.5 Å². The Bertz CT molecular complexity index is 1040. The van der Waals surface area contributed by atoms with Crippen molar-refractivity contribution in [2.24, 2.45) is 0 Å². The SMILES string of the molecule is Cc1c(-c2noc(-c3ccc(F)cc3)n2)nnn1Cc1ccc(F)cc1. The fraction of sp³-hybridized carbons (Fsp3) is 0.111. The number of benzene rings is 2. The number of rotatable bonds is 4. The second-order valence-corrected chi connectivity index (χ2v) is 5.74. The summed E-state index contributed by atoms with van der Waals surface area (Å²) in [5.74, 6) is -0.0578. The maximum Gasteiger partial charge on any atom is 0.258 e. The van der Waals surface area contributed by atoms with Crippen molar-refractivity contribution in [1.82, 2.24) is 25.1 Å². The van der Waals surface area contributed by atoms with E-state index >= 15 is 0 Å². The third-order valence-electron chi connectivity index (χ3n) is 3.96. The van der Waals surface area contributed by atoms with Crippen LogP contribution in [0.25, 0.3) is 23.0 Å². The summed E-state index contributed by atoms with van der Waals surface area (Å²) in [6, 6.07) is 11.9. The van der Waals surface area contributed by atoms with Crippen LogP contribution in [0.2, 0.25) is 0 Å². The van der Waals surface area contributed by atoms with E-state index in [0.717, 1.165) is 11.3 Å². The fourth-order valence-electron chi connectivity index (χ4n) is 2.51. The molecule has 0 N–H and O–H groups in total. The molecule has 8 heteroatoms. The molecule has 6 nitrogen and oxygen atoms in total. The van der Waals surface area contributed by atoms with Crippen LogP contribution >= 0.6 is 0 Å². The van der Waals surface area contributed by atoms with Crippen LogP contribution < -0.4 is 0 Å². The van der Waals surface area contributed by atoms with Crippen molar-refractivity contribution >= 4 is 0 Å². The lowest BCUT2D eigenvalue weighted by Crippen LogP contribution is -2.04. The van der Waals surface area contributed by atoms with Crippen LogP contribution in [0.4, 0.5) is 8.78 Å². The third kappa shape index (κ3) is 3.08. The summed E-state index contributed by atoms with van der Waals surface area (Å²) < 4.78 is 32.9. The van der Waals surface area contributed by atoms with Gasteiger partial charge in [-0.15, -0.1) is 5.10 Å². The van der Waals surface area contributed by atoms with E-state index in [1.54, 1.807) is 28.9 Å². The van der Waals surface area contributed by atoms with Crippen molar-refractivity contribution in [3.63, 3.8) is 0 Å². The first-order valence-electron chi connectivity index (χ1n) is 7.85. The minimum Gasteiger partial charge on any atom is -0.334 e. The summed E-state index contributed by atoms with van der Waals surface area (Å²) in [6.45, 7) is 2.29. The Morgan fingerprint density at radius 2 is 1.62 bits per heavy atom. The maximum atomic E-state index is 13.0. The maximum absolute atomic E-state index is 13.0. The molecular formula is C18H13F2N5O. The highest BCUT2D eigenvalue weighted by Crippen LogP contribution is 2.23. The molecule has 0 fully saturated rings. The highest BCUT2D eigenvalue weighted by molar-refractivity contribution is 5.58. The summed E-state index contributed by atoms with van der Waals surface area (Å²) in [4.78, 5) is 4.31. The van der Waals surface area contributed by atoms with Gasteiger partial charge in [-0.3, -0.25) is 0 Å². The first-order chi connectivity index (χ1) is 12.6. The van der Waals surface area contributed by atoms with Crippen LogP contribution in [0, 0.1) is 18.6 Å². The Hall–Kier alpha value is -3.42. The van der Waals surface area contributed by atoms with E-state index in [9.17, 15) is 8.78 Å². The number of hydrogen-bond acceptors (Lipinski definition) is 5. The van der Waals surface area contributed by atoms with E-state index < -0.39 is 0 Å². The first kappa shape index (κ1) is 16.1. The molecule has 0 saturated carbocycles. The van der Waals surface area contributed by atoms with Gasteiger partial charge in [0, 0.05) is 5.56 Å². The topological polar surface area (TPSA) is 69.6 Å². The highest BCUT2D eigenvalue weighted by atomic mass is 19.1. The Morgan fingerprint density at radius 3 is 2.31 bits per heavy atom. The van der Waals surface area contributed by atoms with Crippen LogP contribution in [0.5, 0.6) is 0 Å². The van der Waals surface area contributed by atoms with Gasteiger partial charge in [-0.1, -0.05) is 22.5 Å². The standard InChI is InChI=1S/C18H13F2N5O/c1-11-16(22-24-25(11)10-12-2-6-14(19)7-3-12)17-21-18(26-23-17)13-4-8-15(20)9-5-13/h2-9H,10H2,1H3. The number of nitrogens with zero attached hydrogens (tertiary/aromatic N) is 5. The summed E-state index contributed by atoms with van der Waals surface area (Å²) in [6.07, 6.45) is 0. The molecule has 0 amide bonds. The van der Waals surface area contributed by atoms with Gasteiger partial charge in [-0.05, 0) is 48.9 Å². The Morgan fingerprint density at radius 1 is 0.962 bits per heavy atom. The molecule has 0 radical (unpaired) electrons. The van der Waals surface area contributed by atoms with Crippen molar-refractivity contribution in [2.45, 2.75) is 13.5 Å². The summed E-state index contributed by atoms with van der Waals surface area (Å²) in [5.41, 5.74) is 2.75. The van der Waals surface area contributed by atoms with Gasteiger partial charge in [-0.25, -0.2) is 13.5 Å². The molecule has 0 bridgehead atoms. The molecule has 0 aliphatic rings. The van der Waals surface area contributed by atoms with Crippen molar-refractivity contribution < 1.29 is 13.3 Å². The molecule has 0 atom stereocenters. The van der Waals surface area contributed by atoms with Crippen molar-refractivity contribution in [2.75, 3.05) is 0 Å². The molecule has 130 valence electrons. The van der Waals surface area contributed by atoms with E-state index in [1.165, 1.54) is 24.3 Å². The lowest BCUT2D eigenvalue weighted by atomic mass is 10.2. The monoisotopic (exact) mass is 353 g/mol. The van der Waals surface area contributed by atoms with Crippen LogP contribution in [0.3, 0.4) is 0 Å². The van der Waals surface area contributed by atoms with E-state index in [4.69, 9.17) is 4.52 Å². The van der Waals surface area contributed by atoms with E-state index in [1.807, 2.05) is 6.92 Å². The zero-order valence-electron chi connectivity index (χ0n) is 13.7. The third-order valence-corrected chi connectivity index (χ3v) is 3.96. The summed E-state index contributed by atoms with van der Waals surface area (Å²) >= 11 is 0. The van der Waals surface area contributed by atoms with Gasteiger partial charge in [0.25, 0.3) is 5.89 Å². The summed E-state index contributed by atoms with van der Waals surface area (Å²) in [5, 5.41) is 12.2. The first-order valence-corrected chi connectivity index (χ1v) is 7.85. The van der Waals surface area contributed by atoms with Gasteiger partial charge in [0.05, 0.1) is 12.2 Å². The molecule has 0 aliphatic heterocycles. The lowest BCUT2D eigenvalue weighted by molar-refractivity contribution is 0.432. The zero-order valence-corrected chi connectivity index (χ0v) is 13.7. The predicted octanol–water partition coefficient (Wildman–Crippen LogP) is 3.63. The quantitative estimate of drug-likeness (QED) is 0.560. The predicted molar refractivity (Wildman–Crippen MR) is 88.9 cm³/mol. The molecule has 0 spiro atoms. The van der Waals surface area contributed by atoms with Crippen LogP contribution in [-0.2, 0) is 6.54 Å². The van der Waals surface area contributed by atoms with Gasteiger partial charge >= 0.3 is 0 Å². The Balaban J connectivity index is 1.60. The van der Waals surface area contributed by atoms with E-state index in [0.29, 0.717) is 23.6 Å². The van der Waals surface area contributed by atoms with Crippen LogP contribution in [0.1, 0.15) is 11.3 Å². The second kappa shape index (κ2) is 6.47. The number of aromatic nitrogens is 5. The summed E-state index contributed by atoms with van der Waals surface area (Å²) in [7, 11) is 0. The van der Waals surface area contributed by atoms with Crippen molar-refractivity contribution in [3.8, 4) is 23.0 Å². The smallest absolute Gasteiger partial charge is 0.258 e. The van der Waals surface area contributed by atoms with Crippen molar-refractivity contribution in [3.05, 3.63) is 71.4 Å². The van der Waals surface area contributed by atoms with Gasteiger partial charge in [0.1, 0.15) is 11.6 Å². The molecule has 2 heterocycles. The minimum absolute atomic E-state index is 0.271. The molecular weight excluding hydrogens is 340 g/mol. The normalized spacial score (nSPS) is 11.0. The Labute approximate surface area is 147 Å². The molecule has 2 aromatic carbocycles. The molecule has 0 unspecified atom stereocenters. The number of halogens is 2. The molecule has 26 heavy (non-hydrogen) atoms. The van der Waals surface area contributed by atoms with Crippen LogP contribution in [0.15, 0.2) is 53.1 Å². The van der Waals surface area contributed by atoms with Gasteiger partial charge in [0.15, 0.2) is 5.69 Å². The van der Waals surface area contributed by atoms with Gasteiger partial charge in [-0.2, -0.15) is 4.98 Å². The largest absolute Gasteiger partial charge is 0.334 e. The van der Waals surface area contributed by atoms with Crippen molar-refractivity contribution in [1.29, 1.82) is 0 Å². The molecule has 4 aromatic rings. The Kier molecular flexibility index (Phi) is 4.00. The zero-order chi connectivity index (χ0) is 18.1. The molecule has 2 aromatic heterocycles. The van der Waals surface area contributed by atoms with Crippen LogP contribution in [-0.4, -0.2) is 25.1 Å². The van der Waals surface area contributed by atoms with Gasteiger partial charge < -0.3 is 4.52 Å². The second-order valence-electron chi connectivity index (χ2n) is 5.74. The average molecular weight is 353 g/mol. The fourth-order valence-corrected chi connectivity index (χ4v) is 2.51. The molecule has 4 rings (SSSR count). The van der Waals surface area contributed by atoms with E-state index in [2.05, 4.69) is 20.5 Å². The lowest BCUT2D eigenvalue weighted by Gasteiger charge is -2.03. The number of hydrogen-bond donors (Lipinski definition) is 0. The molecule has 0 saturated heterocycles. The highest BCUT2D eigenvalue weighted by Gasteiger charge is 2.18. The minimum atomic E-state index is -0.340.